The van der Waals surface area contributed by atoms with Crippen molar-refractivity contribution >= 4 is 28.3 Å². The van der Waals surface area contributed by atoms with Crippen molar-refractivity contribution in [3.05, 3.63) is 77.9 Å². The van der Waals surface area contributed by atoms with Gasteiger partial charge in [-0.2, -0.15) is 0 Å². The number of carbonyl (C=O) groups excluding carboxylic acids is 2. The Morgan fingerprint density at radius 1 is 0.907 bits per heavy atom. The summed E-state index contributed by atoms with van der Waals surface area (Å²) in [5, 5.41) is 3.66. The number of ether oxygens (including phenoxy) is 3. The number of aromatic nitrogens is 1. The lowest BCUT2D eigenvalue weighted by Gasteiger charge is -2.49. The van der Waals surface area contributed by atoms with Crippen LogP contribution >= 0.6 is 11.3 Å². The van der Waals surface area contributed by atoms with Crippen LogP contribution in [0.5, 0.6) is 17.2 Å². The first-order valence-electron chi connectivity index (χ1n) is 14.4. The van der Waals surface area contributed by atoms with Crippen molar-refractivity contribution in [2.75, 3.05) is 33.2 Å². The molecule has 9 heteroatoms. The van der Waals surface area contributed by atoms with E-state index in [0.29, 0.717) is 34.7 Å². The fourth-order valence-electron chi connectivity index (χ4n) is 6.40. The van der Waals surface area contributed by atoms with Gasteiger partial charge in [-0.1, -0.05) is 41.7 Å². The molecular formula is C34H35N3O5S. The maximum Gasteiger partial charge on any atom is 0.254 e. The molecule has 3 heterocycles. The molecule has 2 saturated heterocycles. The minimum atomic E-state index is -0.302. The molecule has 2 amide bonds. The second-order valence-electron chi connectivity index (χ2n) is 11.1. The lowest BCUT2D eigenvalue weighted by atomic mass is 9.72. The number of hydrogen-bond acceptors (Lipinski definition) is 7. The molecule has 8 nitrogen and oxygen atoms in total. The Hall–Kier alpha value is -4.37. The average Bonchev–Trinajstić information content (AvgIpc) is 3.48. The number of carbonyl (C=O) groups is 2. The Labute approximate surface area is 255 Å². The van der Waals surface area contributed by atoms with Gasteiger partial charge in [0.05, 0.1) is 37.8 Å². The van der Waals surface area contributed by atoms with E-state index in [-0.39, 0.29) is 23.8 Å². The molecule has 1 N–H and O–H groups in total. The first kappa shape index (κ1) is 28.7. The summed E-state index contributed by atoms with van der Waals surface area (Å²) < 4.78 is 16.3. The van der Waals surface area contributed by atoms with Crippen LogP contribution < -0.4 is 19.5 Å². The van der Waals surface area contributed by atoms with Gasteiger partial charge in [-0.3, -0.25) is 9.59 Å². The molecule has 3 fully saturated rings. The topological polar surface area (TPSA) is 90.0 Å². The zero-order valence-corrected chi connectivity index (χ0v) is 25.6. The summed E-state index contributed by atoms with van der Waals surface area (Å²) in [5.74, 6) is 1.83. The van der Waals surface area contributed by atoms with Gasteiger partial charge in [-0.15, -0.1) is 0 Å². The van der Waals surface area contributed by atoms with Crippen LogP contribution in [0.25, 0.3) is 21.7 Å². The molecule has 1 saturated carbocycles. The highest BCUT2D eigenvalue weighted by Gasteiger charge is 2.46. The first-order chi connectivity index (χ1) is 20.9. The predicted molar refractivity (Wildman–Crippen MR) is 168 cm³/mol. The van der Waals surface area contributed by atoms with Crippen LogP contribution in [-0.4, -0.2) is 55.6 Å². The van der Waals surface area contributed by atoms with Crippen molar-refractivity contribution < 1.29 is 23.8 Å². The normalized spacial score (nSPS) is 19.2. The molecule has 0 unspecified atom stereocenters. The van der Waals surface area contributed by atoms with Crippen LogP contribution in [0.15, 0.2) is 66.7 Å². The fraction of sp³-hybridized carbons (Fsp3) is 0.324. The third kappa shape index (κ3) is 5.57. The number of nitrogens with one attached hydrogen (secondary N) is 1. The third-order valence-corrected chi connectivity index (χ3v) is 9.61. The number of amides is 2. The molecule has 3 aromatic carbocycles. The molecule has 1 aromatic heterocycles. The van der Waals surface area contributed by atoms with Gasteiger partial charge in [0, 0.05) is 23.7 Å². The van der Waals surface area contributed by atoms with Gasteiger partial charge in [-0.05, 0) is 79.6 Å². The summed E-state index contributed by atoms with van der Waals surface area (Å²) in [6.45, 7) is 2.60. The van der Waals surface area contributed by atoms with Crippen LogP contribution in [0, 0.1) is 18.8 Å². The Morgan fingerprint density at radius 3 is 2.40 bits per heavy atom. The summed E-state index contributed by atoms with van der Waals surface area (Å²) in [6.07, 6.45) is 2.60. The second kappa shape index (κ2) is 12.1. The molecule has 222 valence electrons. The van der Waals surface area contributed by atoms with Crippen molar-refractivity contribution in [3.8, 4) is 38.9 Å². The van der Waals surface area contributed by atoms with Gasteiger partial charge in [0.15, 0.2) is 16.6 Å². The number of methoxy groups -OCH3 is 3. The lowest BCUT2D eigenvalue weighted by molar-refractivity contribution is -0.126. The van der Waals surface area contributed by atoms with E-state index in [0.717, 1.165) is 52.3 Å². The average molecular weight is 598 g/mol. The van der Waals surface area contributed by atoms with E-state index in [1.165, 1.54) is 11.3 Å². The highest BCUT2D eigenvalue weighted by Crippen LogP contribution is 2.43. The molecule has 0 spiro atoms. The summed E-state index contributed by atoms with van der Waals surface area (Å²) in [6, 6.07) is 21.1. The molecular weight excluding hydrogens is 562 g/mol. The monoisotopic (exact) mass is 597 g/mol. The molecule has 3 atom stereocenters. The maximum atomic E-state index is 13.9. The van der Waals surface area contributed by atoms with Crippen molar-refractivity contribution in [3.63, 3.8) is 0 Å². The summed E-state index contributed by atoms with van der Waals surface area (Å²) in [7, 11) is 4.83. The summed E-state index contributed by atoms with van der Waals surface area (Å²) in [5.41, 5.74) is 4.14. The molecule has 4 aromatic rings. The number of hydrogen-bond donors (Lipinski definition) is 1. The van der Waals surface area contributed by atoms with Crippen LogP contribution in [0.2, 0.25) is 0 Å². The molecule has 7 rings (SSSR count). The Bertz CT molecular complexity index is 1650. The van der Waals surface area contributed by atoms with E-state index in [1.54, 1.807) is 21.3 Å². The SMILES string of the molecule is COc1ccc(C(=O)N2C[C@@H]3CC[C@@H]2[C@H](C(=O)Nc2nc(-c4ccc(OC)c(OC)c4)c(-c4ccccc4)s2)C3)c(C)c1. The number of aryl methyl sites for hydroxylation is 1. The van der Waals surface area contributed by atoms with Gasteiger partial charge in [0.25, 0.3) is 5.91 Å². The highest BCUT2D eigenvalue weighted by molar-refractivity contribution is 7.19. The largest absolute Gasteiger partial charge is 0.497 e. The number of piperidine rings is 2. The standard InChI is InChI=1S/C34H35N3O5S/c1-20-16-24(40-2)12-13-25(20)33(39)37-19-21-10-14-27(37)26(17-21)32(38)36-34-35-30(31(43-34)22-8-6-5-7-9-22)23-11-15-28(41-3)29(18-23)42-4/h5-9,11-13,15-16,18,21,26-27H,10,14,17,19H2,1-4H3,(H,35,36,38)/t21-,26-,27-/m1/s1. The van der Waals surface area contributed by atoms with Crippen LogP contribution in [0.3, 0.4) is 0 Å². The molecule has 2 aliphatic heterocycles. The van der Waals surface area contributed by atoms with Crippen LogP contribution in [0.1, 0.15) is 35.2 Å². The van der Waals surface area contributed by atoms with Crippen molar-refractivity contribution in [2.24, 2.45) is 11.8 Å². The molecule has 3 aliphatic rings. The van der Waals surface area contributed by atoms with Crippen molar-refractivity contribution in [1.82, 2.24) is 9.88 Å². The number of anilines is 1. The van der Waals surface area contributed by atoms with E-state index in [9.17, 15) is 9.59 Å². The maximum absolute atomic E-state index is 13.9. The smallest absolute Gasteiger partial charge is 0.254 e. The molecule has 0 radical (unpaired) electrons. The number of rotatable bonds is 8. The highest BCUT2D eigenvalue weighted by atomic mass is 32.1. The zero-order valence-electron chi connectivity index (χ0n) is 24.8. The van der Waals surface area contributed by atoms with Crippen molar-refractivity contribution in [1.29, 1.82) is 0 Å². The van der Waals surface area contributed by atoms with E-state index in [2.05, 4.69) is 5.32 Å². The van der Waals surface area contributed by atoms with Gasteiger partial charge in [-0.25, -0.2) is 4.98 Å². The quantitative estimate of drug-likeness (QED) is 0.243. The van der Waals surface area contributed by atoms with Crippen molar-refractivity contribution in [2.45, 2.75) is 32.2 Å². The zero-order chi connectivity index (χ0) is 30.1. The number of fused-ring (bicyclic) bond motifs is 3. The Balaban J connectivity index is 1.28. The minimum Gasteiger partial charge on any atom is -0.497 e. The Morgan fingerprint density at radius 2 is 1.70 bits per heavy atom. The summed E-state index contributed by atoms with van der Waals surface area (Å²) in [4.78, 5) is 35.4. The second-order valence-corrected chi connectivity index (χ2v) is 12.1. The minimum absolute atomic E-state index is 0.0243. The van der Waals surface area contributed by atoms with Gasteiger partial charge in [0.2, 0.25) is 5.91 Å². The van der Waals surface area contributed by atoms with E-state index < -0.39 is 0 Å². The van der Waals surface area contributed by atoms with Crippen LogP contribution in [-0.2, 0) is 4.79 Å². The van der Waals surface area contributed by atoms with E-state index in [1.807, 2.05) is 78.6 Å². The third-order valence-electron chi connectivity index (χ3n) is 8.59. The molecule has 1 aliphatic carbocycles. The van der Waals surface area contributed by atoms with E-state index in [4.69, 9.17) is 19.2 Å². The number of benzene rings is 3. The lowest BCUT2D eigenvalue weighted by Crippen LogP contribution is -2.58. The Kier molecular flexibility index (Phi) is 8.08. The van der Waals surface area contributed by atoms with E-state index >= 15 is 0 Å². The molecule has 2 bridgehead atoms. The summed E-state index contributed by atoms with van der Waals surface area (Å²) >= 11 is 1.45. The van der Waals surface area contributed by atoms with Gasteiger partial charge < -0.3 is 24.4 Å². The first-order valence-corrected chi connectivity index (χ1v) is 15.3. The fourth-order valence-corrected chi connectivity index (χ4v) is 7.40. The number of nitrogens with zero attached hydrogens (tertiary/aromatic N) is 2. The van der Waals surface area contributed by atoms with Crippen LogP contribution in [0.4, 0.5) is 5.13 Å². The predicted octanol–water partition coefficient (Wildman–Crippen LogP) is 6.69. The number of thiazole rings is 1. The van der Waals surface area contributed by atoms with Gasteiger partial charge >= 0.3 is 0 Å². The molecule has 43 heavy (non-hydrogen) atoms. The van der Waals surface area contributed by atoms with Gasteiger partial charge in [0.1, 0.15) is 5.75 Å².